The zero-order valence-electron chi connectivity index (χ0n) is 22.8. The molecule has 1 amide bonds. The normalized spacial score (nSPS) is 18.1. The topological polar surface area (TPSA) is 63.2 Å². The molecule has 3 aromatic carbocycles. The van der Waals surface area contributed by atoms with Gasteiger partial charge in [-0.25, -0.2) is 0 Å². The van der Waals surface area contributed by atoms with Crippen LogP contribution in [0.1, 0.15) is 69.9 Å². The van der Waals surface area contributed by atoms with Gasteiger partial charge < -0.3 is 5.32 Å². The van der Waals surface area contributed by atoms with E-state index in [0.29, 0.717) is 31.5 Å². The maximum atomic E-state index is 13.6. The van der Waals surface area contributed by atoms with E-state index in [-0.39, 0.29) is 36.0 Å². The van der Waals surface area contributed by atoms with Crippen molar-refractivity contribution in [2.75, 3.05) is 0 Å². The number of benzene rings is 3. The molecule has 0 bridgehead atoms. The van der Waals surface area contributed by atoms with Crippen LogP contribution in [0.2, 0.25) is 0 Å². The molecule has 0 radical (unpaired) electrons. The molecular formula is C34H41NO3. The third-order valence-corrected chi connectivity index (χ3v) is 8.19. The summed E-state index contributed by atoms with van der Waals surface area (Å²) in [5.74, 6) is -0.199. The highest BCUT2D eigenvalue weighted by Gasteiger charge is 2.29. The largest absolute Gasteiger partial charge is 0.353 e. The van der Waals surface area contributed by atoms with Crippen molar-refractivity contribution in [3.05, 3.63) is 83.9 Å². The third-order valence-electron chi connectivity index (χ3n) is 8.19. The molecule has 3 aromatic rings. The van der Waals surface area contributed by atoms with Gasteiger partial charge in [-0.2, -0.15) is 0 Å². The fraction of sp³-hybridized carbons (Fsp3) is 0.441. The number of Topliss-reactive ketones (excluding diaryl/α,β-unsaturated/α-hetero) is 2. The van der Waals surface area contributed by atoms with Crippen molar-refractivity contribution in [2.24, 2.45) is 17.8 Å². The van der Waals surface area contributed by atoms with Gasteiger partial charge in [-0.1, -0.05) is 93.1 Å². The molecule has 1 aliphatic carbocycles. The van der Waals surface area contributed by atoms with Crippen LogP contribution in [0.5, 0.6) is 0 Å². The minimum atomic E-state index is -0.434. The minimum absolute atomic E-state index is 0.0453. The van der Waals surface area contributed by atoms with E-state index in [9.17, 15) is 14.4 Å². The number of ketones is 2. The van der Waals surface area contributed by atoms with Crippen LogP contribution in [-0.2, 0) is 27.2 Å². The monoisotopic (exact) mass is 511 g/mol. The molecule has 0 aliphatic heterocycles. The Balaban J connectivity index is 1.45. The molecule has 4 atom stereocenters. The van der Waals surface area contributed by atoms with Crippen LogP contribution in [0, 0.1) is 17.8 Å². The van der Waals surface area contributed by atoms with Crippen molar-refractivity contribution in [3.63, 3.8) is 0 Å². The lowest BCUT2D eigenvalue weighted by atomic mass is 9.82. The first-order chi connectivity index (χ1) is 18.4. The molecule has 4 rings (SSSR count). The number of rotatable bonds is 12. The minimum Gasteiger partial charge on any atom is -0.353 e. The Hall–Kier alpha value is -3.27. The lowest BCUT2D eigenvalue weighted by Crippen LogP contribution is -2.42. The van der Waals surface area contributed by atoms with Crippen molar-refractivity contribution in [1.29, 1.82) is 0 Å². The van der Waals surface area contributed by atoms with Crippen molar-refractivity contribution < 1.29 is 14.4 Å². The Kier molecular flexibility index (Phi) is 9.86. The maximum Gasteiger partial charge on any atom is 0.224 e. The lowest BCUT2D eigenvalue weighted by molar-refractivity contribution is -0.131. The summed E-state index contributed by atoms with van der Waals surface area (Å²) in [7, 11) is 0. The molecule has 0 saturated heterocycles. The van der Waals surface area contributed by atoms with Crippen molar-refractivity contribution in [2.45, 2.75) is 77.7 Å². The molecule has 1 N–H and O–H groups in total. The van der Waals surface area contributed by atoms with Crippen molar-refractivity contribution in [1.82, 2.24) is 5.32 Å². The molecule has 0 aromatic heterocycles. The zero-order chi connectivity index (χ0) is 26.9. The smallest absolute Gasteiger partial charge is 0.224 e. The van der Waals surface area contributed by atoms with Crippen LogP contribution < -0.4 is 5.32 Å². The lowest BCUT2D eigenvalue weighted by Gasteiger charge is -2.27. The molecule has 4 nitrogen and oxygen atoms in total. The summed E-state index contributed by atoms with van der Waals surface area (Å²) in [5, 5.41) is 5.58. The first-order valence-electron chi connectivity index (χ1n) is 14.3. The number of carbonyl (C=O) groups excluding carboxylic acids is 3. The average molecular weight is 512 g/mol. The highest BCUT2D eigenvalue weighted by Crippen LogP contribution is 2.27. The summed E-state index contributed by atoms with van der Waals surface area (Å²) in [4.78, 5) is 39.5. The van der Waals surface area contributed by atoms with E-state index in [2.05, 4.69) is 36.5 Å². The third kappa shape index (κ3) is 7.40. The van der Waals surface area contributed by atoms with Gasteiger partial charge in [0.05, 0.1) is 0 Å². The van der Waals surface area contributed by atoms with Gasteiger partial charge in [0.1, 0.15) is 11.6 Å². The number of amides is 1. The van der Waals surface area contributed by atoms with E-state index >= 15 is 0 Å². The summed E-state index contributed by atoms with van der Waals surface area (Å²) in [6.07, 6.45) is 6.52. The Morgan fingerprint density at radius 2 is 1.66 bits per heavy atom. The predicted octanol–water partition coefficient (Wildman–Crippen LogP) is 6.88. The Labute approximate surface area is 227 Å². The van der Waals surface area contributed by atoms with Gasteiger partial charge in [0.15, 0.2) is 0 Å². The molecule has 4 heteroatoms. The average Bonchev–Trinajstić information content (AvgIpc) is 2.94. The van der Waals surface area contributed by atoms with Crippen LogP contribution in [0.25, 0.3) is 10.8 Å². The Bertz CT molecular complexity index is 1230. The van der Waals surface area contributed by atoms with Gasteiger partial charge >= 0.3 is 0 Å². The predicted molar refractivity (Wildman–Crippen MR) is 154 cm³/mol. The SMILES string of the molecule is CC[C@H](C[C@@H]1CCCCC1=O)NC(=O)[C@@H](CC(=O)[C@@H](C)Cc1cccc2ccccc12)Cc1ccccc1. The second kappa shape index (κ2) is 13.5. The quantitative estimate of drug-likeness (QED) is 0.288. The van der Waals surface area contributed by atoms with E-state index in [1.807, 2.05) is 55.5 Å². The van der Waals surface area contributed by atoms with E-state index in [0.717, 1.165) is 36.8 Å². The second-order valence-electron chi connectivity index (χ2n) is 11.1. The van der Waals surface area contributed by atoms with Gasteiger partial charge in [0.25, 0.3) is 0 Å². The van der Waals surface area contributed by atoms with Gasteiger partial charge in [0.2, 0.25) is 5.91 Å². The molecular weight excluding hydrogens is 470 g/mol. The van der Waals surface area contributed by atoms with Crippen LogP contribution in [0.4, 0.5) is 0 Å². The number of carbonyl (C=O) groups is 3. The zero-order valence-corrected chi connectivity index (χ0v) is 22.8. The summed E-state index contributed by atoms with van der Waals surface area (Å²) in [6, 6.07) is 24.4. The Morgan fingerprint density at radius 1 is 0.921 bits per heavy atom. The maximum absolute atomic E-state index is 13.6. The molecule has 200 valence electrons. The number of fused-ring (bicyclic) bond motifs is 1. The standard InChI is InChI=1S/C34H41NO3/c1-3-30(22-28-15-8-10-19-32(28)36)35-34(38)29(21-25-12-5-4-6-13-25)23-33(37)24(2)20-27-17-11-16-26-14-7-9-18-31(26)27/h4-7,9,11-14,16-18,24,28-30H,3,8,10,15,19-23H2,1-2H3,(H,35,38)/t24-,28-,29+,30+/m0/s1. The molecule has 0 heterocycles. The highest BCUT2D eigenvalue weighted by molar-refractivity contribution is 5.90. The highest BCUT2D eigenvalue weighted by atomic mass is 16.2. The molecule has 0 unspecified atom stereocenters. The van der Waals surface area contributed by atoms with Crippen LogP contribution >= 0.6 is 0 Å². The van der Waals surface area contributed by atoms with Gasteiger partial charge in [-0.05, 0) is 60.4 Å². The van der Waals surface area contributed by atoms with E-state index in [4.69, 9.17) is 0 Å². The summed E-state index contributed by atoms with van der Waals surface area (Å²) >= 11 is 0. The molecule has 1 aliphatic rings. The molecule has 1 fully saturated rings. The van der Waals surface area contributed by atoms with Gasteiger partial charge in [-0.15, -0.1) is 0 Å². The Morgan fingerprint density at radius 3 is 2.42 bits per heavy atom. The van der Waals surface area contributed by atoms with Crippen molar-refractivity contribution in [3.8, 4) is 0 Å². The van der Waals surface area contributed by atoms with E-state index < -0.39 is 5.92 Å². The fourth-order valence-corrected chi connectivity index (χ4v) is 5.81. The molecule has 0 spiro atoms. The number of nitrogens with one attached hydrogen (secondary N) is 1. The summed E-state index contributed by atoms with van der Waals surface area (Å²) < 4.78 is 0. The van der Waals surface area contributed by atoms with Crippen LogP contribution in [0.3, 0.4) is 0 Å². The van der Waals surface area contributed by atoms with Gasteiger partial charge in [-0.3, -0.25) is 14.4 Å². The number of hydrogen-bond donors (Lipinski definition) is 1. The van der Waals surface area contributed by atoms with E-state index in [1.165, 1.54) is 10.8 Å². The van der Waals surface area contributed by atoms with Crippen LogP contribution in [0.15, 0.2) is 72.8 Å². The molecule has 38 heavy (non-hydrogen) atoms. The van der Waals surface area contributed by atoms with Gasteiger partial charge in [0, 0.05) is 36.6 Å². The fourth-order valence-electron chi connectivity index (χ4n) is 5.81. The first kappa shape index (κ1) is 27.8. The summed E-state index contributed by atoms with van der Waals surface area (Å²) in [6.45, 7) is 4.03. The van der Waals surface area contributed by atoms with Crippen molar-refractivity contribution >= 4 is 28.2 Å². The van der Waals surface area contributed by atoms with Crippen LogP contribution in [-0.4, -0.2) is 23.5 Å². The second-order valence-corrected chi connectivity index (χ2v) is 11.1. The van der Waals surface area contributed by atoms with E-state index in [1.54, 1.807) is 0 Å². The first-order valence-corrected chi connectivity index (χ1v) is 14.3. The molecule has 1 saturated carbocycles. The number of hydrogen-bond acceptors (Lipinski definition) is 3. The summed E-state index contributed by atoms with van der Waals surface area (Å²) in [5.41, 5.74) is 2.22.